The van der Waals surface area contributed by atoms with Crippen LogP contribution in [-0.2, 0) is 0 Å². The molecule has 0 aliphatic heterocycles. The van der Waals surface area contributed by atoms with E-state index in [1.807, 2.05) is 36.4 Å². The molecule has 0 aromatic heterocycles. The Morgan fingerprint density at radius 3 is 2.33 bits per heavy atom. The summed E-state index contributed by atoms with van der Waals surface area (Å²) < 4.78 is 10.7. The molecule has 0 saturated carbocycles. The lowest BCUT2D eigenvalue weighted by atomic mass is 10.1. The molecule has 6 heteroatoms. The Morgan fingerprint density at radius 2 is 1.71 bits per heavy atom. The predicted octanol–water partition coefficient (Wildman–Crippen LogP) is 3.74. The number of ether oxygens (including phenoxy) is 2. The lowest BCUT2D eigenvalue weighted by Gasteiger charge is -2.09. The van der Waals surface area contributed by atoms with Crippen molar-refractivity contribution < 1.29 is 9.47 Å². The summed E-state index contributed by atoms with van der Waals surface area (Å²) in [6.07, 6.45) is 0. The Bertz CT molecular complexity index is 672. The SMILES string of the molecule is COc1ccc(OCCN=C(N)Nc2ccc(C)c(C)c2)cc1.I. The van der Waals surface area contributed by atoms with Crippen LogP contribution in [0.2, 0.25) is 0 Å². The van der Waals surface area contributed by atoms with Gasteiger partial charge in [0.15, 0.2) is 5.96 Å². The van der Waals surface area contributed by atoms with Crippen molar-refractivity contribution in [2.24, 2.45) is 10.7 Å². The third-order valence-corrected chi connectivity index (χ3v) is 3.48. The summed E-state index contributed by atoms with van der Waals surface area (Å²) in [6, 6.07) is 13.5. The number of aliphatic imine (C=N–C) groups is 1. The second-order valence-corrected chi connectivity index (χ2v) is 5.21. The fourth-order valence-electron chi connectivity index (χ4n) is 2.01. The van der Waals surface area contributed by atoms with E-state index in [0.717, 1.165) is 17.2 Å². The first-order valence-electron chi connectivity index (χ1n) is 7.49. The summed E-state index contributed by atoms with van der Waals surface area (Å²) in [7, 11) is 1.63. The highest BCUT2D eigenvalue weighted by Crippen LogP contribution is 2.17. The Morgan fingerprint density at radius 1 is 1.04 bits per heavy atom. The fraction of sp³-hybridized carbons (Fsp3) is 0.278. The molecule has 130 valence electrons. The van der Waals surface area contributed by atoms with Crippen molar-refractivity contribution in [2.75, 3.05) is 25.6 Å². The third kappa shape index (κ3) is 6.27. The van der Waals surface area contributed by atoms with Gasteiger partial charge in [0.05, 0.1) is 13.7 Å². The zero-order valence-corrected chi connectivity index (χ0v) is 16.5. The van der Waals surface area contributed by atoms with E-state index in [1.165, 1.54) is 11.1 Å². The molecule has 0 aliphatic rings. The average molecular weight is 441 g/mol. The number of nitrogens with two attached hydrogens (primary N) is 1. The number of rotatable bonds is 6. The number of hydrogen-bond donors (Lipinski definition) is 2. The van der Waals surface area contributed by atoms with Crippen LogP contribution in [0.3, 0.4) is 0 Å². The molecule has 2 aromatic carbocycles. The van der Waals surface area contributed by atoms with Crippen LogP contribution in [-0.4, -0.2) is 26.2 Å². The molecular formula is C18H24IN3O2. The van der Waals surface area contributed by atoms with Crippen molar-refractivity contribution in [3.63, 3.8) is 0 Å². The van der Waals surface area contributed by atoms with Gasteiger partial charge in [-0.2, -0.15) is 0 Å². The third-order valence-electron chi connectivity index (χ3n) is 3.48. The number of guanidine groups is 1. The minimum atomic E-state index is 0. The Labute approximate surface area is 160 Å². The molecule has 3 N–H and O–H groups in total. The predicted molar refractivity (Wildman–Crippen MR) is 110 cm³/mol. The lowest BCUT2D eigenvalue weighted by molar-refractivity contribution is 0.327. The molecule has 0 fully saturated rings. The molecular weight excluding hydrogens is 417 g/mol. The Hall–Kier alpha value is -1.96. The summed E-state index contributed by atoms with van der Waals surface area (Å²) in [6.45, 7) is 5.08. The topological polar surface area (TPSA) is 68.9 Å². The first kappa shape index (κ1) is 20.1. The van der Waals surface area contributed by atoms with Crippen molar-refractivity contribution in [2.45, 2.75) is 13.8 Å². The van der Waals surface area contributed by atoms with Crippen LogP contribution in [0.25, 0.3) is 0 Å². The highest BCUT2D eigenvalue weighted by Gasteiger charge is 1.98. The van der Waals surface area contributed by atoms with Crippen molar-refractivity contribution in [3.8, 4) is 11.5 Å². The maximum absolute atomic E-state index is 5.88. The minimum absolute atomic E-state index is 0. The van der Waals surface area contributed by atoms with E-state index >= 15 is 0 Å². The average Bonchev–Trinajstić information content (AvgIpc) is 2.55. The van der Waals surface area contributed by atoms with E-state index < -0.39 is 0 Å². The smallest absolute Gasteiger partial charge is 0.193 e. The van der Waals surface area contributed by atoms with Gasteiger partial charge in [-0.15, -0.1) is 24.0 Å². The monoisotopic (exact) mass is 441 g/mol. The van der Waals surface area contributed by atoms with Crippen LogP contribution < -0.4 is 20.5 Å². The first-order valence-corrected chi connectivity index (χ1v) is 7.49. The molecule has 5 nitrogen and oxygen atoms in total. The molecule has 0 bridgehead atoms. The van der Waals surface area contributed by atoms with Gasteiger partial charge in [-0.3, -0.25) is 0 Å². The second-order valence-electron chi connectivity index (χ2n) is 5.21. The van der Waals surface area contributed by atoms with Crippen LogP contribution in [0.1, 0.15) is 11.1 Å². The highest BCUT2D eigenvalue weighted by atomic mass is 127. The molecule has 2 aromatic rings. The molecule has 0 atom stereocenters. The number of methoxy groups -OCH3 is 1. The van der Waals surface area contributed by atoms with E-state index in [2.05, 4.69) is 30.2 Å². The summed E-state index contributed by atoms with van der Waals surface area (Å²) in [5.74, 6) is 1.96. The minimum Gasteiger partial charge on any atom is -0.497 e. The maximum atomic E-state index is 5.88. The van der Waals surface area contributed by atoms with Crippen molar-refractivity contribution in [1.82, 2.24) is 0 Å². The molecule has 0 saturated heterocycles. The molecule has 0 radical (unpaired) electrons. The van der Waals surface area contributed by atoms with Gasteiger partial charge in [-0.1, -0.05) is 6.07 Å². The normalized spacial score (nSPS) is 10.7. The number of halogens is 1. The number of hydrogen-bond acceptors (Lipinski definition) is 3. The zero-order valence-electron chi connectivity index (χ0n) is 14.2. The quantitative estimate of drug-likeness (QED) is 0.310. The number of benzene rings is 2. The summed E-state index contributed by atoms with van der Waals surface area (Å²) in [5.41, 5.74) is 9.28. The highest BCUT2D eigenvalue weighted by molar-refractivity contribution is 14.0. The van der Waals surface area contributed by atoms with Gasteiger partial charge < -0.3 is 20.5 Å². The van der Waals surface area contributed by atoms with Gasteiger partial charge in [0.2, 0.25) is 0 Å². The zero-order chi connectivity index (χ0) is 16.7. The molecule has 0 aliphatic carbocycles. The van der Waals surface area contributed by atoms with E-state index in [9.17, 15) is 0 Å². The van der Waals surface area contributed by atoms with Crippen LogP contribution in [0, 0.1) is 13.8 Å². The molecule has 24 heavy (non-hydrogen) atoms. The molecule has 2 rings (SSSR count). The number of nitrogens with zero attached hydrogens (tertiary/aromatic N) is 1. The Kier molecular flexibility index (Phi) is 8.39. The Balaban J connectivity index is 0.00000288. The summed E-state index contributed by atoms with van der Waals surface area (Å²) in [5, 5.41) is 3.08. The van der Waals surface area contributed by atoms with Crippen molar-refractivity contribution in [3.05, 3.63) is 53.6 Å². The summed E-state index contributed by atoms with van der Waals surface area (Å²) in [4.78, 5) is 4.25. The molecule has 0 spiro atoms. The van der Waals surface area contributed by atoms with Gasteiger partial charge in [0.25, 0.3) is 0 Å². The van der Waals surface area contributed by atoms with E-state index in [4.69, 9.17) is 15.2 Å². The van der Waals surface area contributed by atoms with Crippen LogP contribution >= 0.6 is 24.0 Å². The van der Waals surface area contributed by atoms with E-state index in [0.29, 0.717) is 19.1 Å². The first-order chi connectivity index (χ1) is 11.1. The second kappa shape index (κ2) is 10.0. The summed E-state index contributed by atoms with van der Waals surface area (Å²) >= 11 is 0. The van der Waals surface area contributed by atoms with Gasteiger partial charge in [-0.25, -0.2) is 4.99 Å². The maximum Gasteiger partial charge on any atom is 0.193 e. The number of anilines is 1. The standard InChI is InChI=1S/C18H23N3O2.HI/c1-13-4-5-15(12-14(13)2)21-18(19)20-10-11-23-17-8-6-16(22-3)7-9-17;/h4-9,12H,10-11H2,1-3H3,(H3,19,20,21);1H. The fourth-order valence-corrected chi connectivity index (χ4v) is 2.01. The number of nitrogens with one attached hydrogen (secondary N) is 1. The van der Waals surface area contributed by atoms with Crippen LogP contribution in [0.4, 0.5) is 5.69 Å². The van der Waals surface area contributed by atoms with Gasteiger partial charge in [0.1, 0.15) is 18.1 Å². The van der Waals surface area contributed by atoms with E-state index in [1.54, 1.807) is 7.11 Å². The van der Waals surface area contributed by atoms with Crippen molar-refractivity contribution in [1.29, 1.82) is 0 Å². The molecule has 0 unspecified atom stereocenters. The number of aryl methyl sites for hydroxylation is 2. The van der Waals surface area contributed by atoms with Crippen LogP contribution in [0.15, 0.2) is 47.5 Å². The van der Waals surface area contributed by atoms with Gasteiger partial charge in [-0.05, 0) is 61.4 Å². The largest absolute Gasteiger partial charge is 0.497 e. The van der Waals surface area contributed by atoms with Crippen molar-refractivity contribution >= 4 is 35.6 Å². The molecule has 0 heterocycles. The van der Waals surface area contributed by atoms with E-state index in [-0.39, 0.29) is 24.0 Å². The van der Waals surface area contributed by atoms with Gasteiger partial charge in [0, 0.05) is 5.69 Å². The van der Waals surface area contributed by atoms with Crippen LogP contribution in [0.5, 0.6) is 11.5 Å². The van der Waals surface area contributed by atoms with Gasteiger partial charge >= 0.3 is 0 Å². The lowest BCUT2D eigenvalue weighted by Crippen LogP contribution is -2.23. The molecule has 0 amide bonds.